The van der Waals surface area contributed by atoms with Crippen LogP contribution in [0.3, 0.4) is 0 Å². The molecule has 142 valence electrons. The zero-order valence-electron chi connectivity index (χ0n) is 15.2. The van der Waals surface area contributed by atoms with Crippen molar-refractivity contribution in [2.45, 2.75) is 6.92 Å². The largest absolute Gasteiger partial charge is 0.379 e. The molecule has 2 aliphatic heterocycles. The van der Waals surface area contributed by atoms with Crippen LogP contribution in [-0.4, -0.2) is 103 Å². The molecular formula is C17H26N6O3. The molecule has 2 fully saturated rings. The number of aryl methyl sites for hydroxylation is 1. The molecule has 0 spiro atoms. The fourth-order valence-corrected chi connectivity index (χ4v) is 3.13. The Balaban J connectivity index is 1.56. The molecule has 0 aromatic carbocycles. The van der Waals surface area contributed by atoms with Gasteiger partial charge in [0.15, 0.2) is 0 Å². The van der Waals surface area contributed by atoms with E-state index in [9.17, 15) is 9.59 Å². The number of carbonyl (C=O) groups is 2. The van der Waals surface area contributed by atoms with Crippen molar-refractivity contribution < 1.29 is 14.3 Å². The van der Waals surface area contributed by atoms with Gasteiger partial charge in [-0.1, -0.05) is 0 Å². The summed E-state index contributed by atoms with van der Waals surface area (Å²) in [5, 5.41) is 3.29. The zero-order chi connectivity index (χ0) is 18.4. The number of rotatable bonds is 6. The van der Waals surface area contributed by atoms with Crippen molar-refractivity contribution in [3.63, 3.8) is 0 Å². The minimum absolute atomic E-state index is 0.114. The molecule has 2 amide bonds. The van der Waals surface area contributed by atoms with Crippen molar-refractivity contribution in [3.8, 4) is 0 Å². The highest BCUT2D eigenvalue weighted by Gasteiger charge is 2.23. The van der Waals surface area contributed by atoms with E-state index in [0.29, 0.717) is 43.5 Å². The minimum atomic E-state index is -0.114. The topological polar surface area (TPSA) is 90.9 Å². The Hall–Kier alpha value is -2.26. The van der Waals surface area contributed by atoms with Crippen LogP contribution in [0, 0.1) is 6.92 Å². The lowest BCUT2D eigenvalue weighted by Gasteiger charge is -2.32. The van der Waals surface area contributed by atoms with Crippen molar-refractivity contribution in [2.75, 3.05) is 70.9 Å². The lowest BCUT2D eigenvalue weighted by Crippen LogP contribution is -2.48. The van der Waals surface area contributed by atoms with Crippen LogP contribution in [-0.2, 0) is 9.53 Å². The van der Waals surface area contributed by atoms with E-state index < -0.39 is 0 Å². The van der Waals surface area contributed by atoms with Gasteiger partial charge in [0.05, 0.1) is 13.2 Å². The number of aromatic nitrogens is 2. The highest BCUT2D eigenvalue weighted by Crippen LogP contribution is 2.11. The maximum Gasteiger partial charge on any atom is 0.272 e. The molecular weight excluding hydrogens is 336 g/mol. The lowest BCUT2D eigenvalue weighted by atomic mass is 10.2. The van der Waals surface area contributed by atoms with E-state index in [1.165, 1.54) is 0 Å². The Bertz CT molecular complexity index is 627. The first-order chi connectivity index (χ1) is 12.7. The van der Waals surface area contributed by atoms with Crippen LogP contribution in [0.5, 0.6) is 0 Å². The molecule has 2 aliphatic rings. The number of ether oxygens (including phenoxy) is 1. The summed E-state index contributed by atoms with van der Waals surface area (Å²) >= 11 is 0. The zero-order valence-corrected chi connectivity index (χ0v) is 15.2. The summed E-state index contributed by atoms with van der Waals surface area (Å²) in [5.41, 5.74) is 0.394. The molecule has 0 radical (unpaired) electrons. The van der Waals surface area contributed by atoms with Gasteiger partial charge < -0.3 is 19.9 Å². The molecule has 3 rings (SSSR count). The van der Waals surface area contributed by atoms with Crippen molar-refractivity contribution in [2.24, 2.45) is 0 Å². The summed E-state index contributed by atoms with van der Waals surface area (Å²) in [4.78, 5) is 37.9. The maximum absolute atomic E-state index is 12.7. The monoisotopic (exact) mass is 362 g/mol. The molecule has 9 nitrogen and oxygen atoms in total. The smallest absolute Gasteiger partial charge is 0.272 e. The van der Waals surface area contributed by atoms with Crippen LogP contribution in [0.4, 0.5) is 5.82 Å². The normalized spacial score (nSPS) is 18.7. The third kappa shape index (κ3) is 4.89. The highest BCUT2D eigenvalue weighted by atomic mass is 16.5. The van der Waals surface area contributed by atoms with Crippen LogP contribution < -0.4 is 5.32 Å². The number of piperazine rings is 1. The molecule has 0 aliphatic carbocycles. The van der Waals surface area contributed by atoms with Crippen LogP contribution in [0.2, 0.25) is 0 Å². The lowest BCUT2D eigenvalue weighted by molar-refractivity contribution is -0.119. The second-order valence-electron chi connectivity index (χ2n) is 6.50. The van der Waals surface area contributed by atoms with Crippen LogP contribution >= 0.6 is 0 Å². The van der Waals surface area contributed by atoms with E-state index >= 15 is 0 Å². The number of anilines is 1. The van der Waals surface area contributed by atoms with Crippen LogP contribution in [0.25, 0.3) is 0 Å². The molecule has 0 bridgehead atoms. The van der Waals surface area contributed by atoms with E-state index in [-0.39, 0.29) is 5.91 Å². The van der Waals surface area contributed by atoms with Crippen molar-refractivity contribution in [3.05, 3.63) is 17.6 Å². The first-order valence-electron chi connectivity index (χ1n) is 9.04. The molecule has 1 aromatic heterocycles. The van der Waals surface area contributed by atoms with Gasteiger partial charge in [0.2, 0.25) is 6.41 Å². The fraction of sp³-hybridized carbons (Fsp3) is 0.647. The second kappa shape index (κ2) is 8.91. The van der Waals surface area contributed by atoms with E-state index in [1.54, 1.807) is 22.8 Å². The van der Waals surface area contributed by atoms with Crippen molar-refractivity contribution >= 4 is 18.1 Å². The van der Waals surface area contributed by atoms with Gasteiger partial charge in [-0.05, 0) is 6.92 Å². The summed E-state index contributed by atoms with van der Waals surface area (Å²) in [6.45, 7) is 9.07. The van der Waals surface area contributed by atoms with E-state index in [4.69, 9.17) is 4.74 Å². The highest BCUT2D eigenvalue weighted by molar-refractivity contribution is 5.93. The number of morpholine rings is 1. The SMILES string of the molecule is Cc1nc(NCCN2CCOCC2)cc(C(=O)N2CCN(C=O)CC2)n1. The Morgan fingerprint density at radius 2 is 1.92 bits per heavy atom. The summed E-state index contributed by atoms with van der Waals surface area (Å²) in [7, 11) is 0. The molecule has 26 heavy (non-hydrogen) atoms. The van der Waals surface area contributed by atoms with Gasteiger partial charge in [0.25, 0.3) is 5.91 Å². The van der Waals surface area contributed by atoms with E-state index in [1.807, 2.05) is 0 Å². The first kappa shape index (κ1) is 18.5. The summed E-state index contributed by atoms with van der Waals surface area (Å²) in [6.07, 6.45) is 0.827. The predicted octanol–water partition coefficient (Wildman–Crippen LogP) is -0.557. The number of carbonyl (C=O) groups excluding carboxylic acids is 2. The number of hydrogen-bond acceptors (Lipinski definition) is 7. The Kier molecular flexibility index (Phi) is 6.35. The third-order valence-electron chi connectivity index (χ3n) is 4.65. The number of nitrogens with zero attached hydrogens (tertiary/aromatic N) is 5. The van der Waals surface area contributed by atoms with Gasteiger partial charge in [0.1, 0.15) is 17.3 Å². The van der Waals surface area contributed by atoms with Gasteiger partial charge in [-0.2, -0.15) is 0 Å². The minimum Gasteiger partial charge on any atom is -0.379 e. The number of hydrogen-bond donors (Lipinski definition) is 1. The van der Waals surface area contributed by atoms with Gasteiger partial charge in [0, 0.05) is 58.4 Å². The Morgan fingerprint density at radius 1 is 1.19 bits per heavy atom. The molecule has 1 N–H and O–H groups in total. The van der Waals surface area contributed by atoms with Crippen molar-refractivity contribution in [1.29, 1.82) is 0 Å². The second-order valence-corrected chi connectivity index (χ2v) is 6.50. The molecule has 0 atom stereocenters. The van der Waals surface area contributed by atoms with Gasteiger partial charge in [-0.25, -0.2) is 9.97 Å². The standard InChI is InChI=1S/C17H26N6O3/c1-14-19-15(17(25)23-6-4-22(13-24)5-7-23)12-16(20-14)18-2-3-21-8-10-26-11-9-21/h12-13H,2-11H2,1H3,(H,18,19,20). The first-order valence-corrected chi connectivity index (χ1v) is 9.04. The molecule has 3 heterocycles. The molecule has 0 saturated carbocycles. The van der Waals surface area contributed by atoms with E-state index in [2.05, 4.69) is 20.2 Å². The summed E-state index contributed by atoms with van der Waals surface area (Å²) in [6, 6.07) is 1.71. The van der Waals surface area contributed by atoms with Gasteiger partial charge in [-0.15, -0.1) is 0 Å². The van der Waals surface area contributed by atoms with E-state index in [0.717, 1.165) is 45.8 Å². The maximum atomic E-state index is 12.7. The van der Waals surface area contributed by atoms with Gasteiger partial charge in [-0.3, -0.25) is 14.5 Å². The third-order valence-corrected chi connectivity index (χ3v) is 4.65. The predicted molar refractivity (Wildman–Crippen MR) is 96.1 cm³/mol. The Morgan fingerprint density at radius 3 is 2.62 bits per heavy atom. The fourth-order valence-electron chi connectivity index (χ4n) is 3.13. The molecule has 9 heteroatoms. The average Bonchev–Trinajstić information content (AvgIpc) is 2.68. The Labute approximate surface area is 153 Å². The molecule has 1 aromatic rings. The average molecular weight is 362 g/mol. The molecule has 2 saturated heterocycles. The number of nitrogens with one attached hydrogen (secondary N) is 1. The number of amides is 2. The summed E-state index contributed by atoms with van der Waals surface area (Å²) in [5.74, 6) is 1.12. The molecule has 0 unspecified atom stereocenters. The van der Waals surface area contributed by atoms with Crippen molar-refractivity contribution in [1.82, 2.24) is 24.7 Å². The summed E-state index contributed by atoms with van der Waals surface area (Å²) < 4.78 is 5.35. The van der Waals surface area contributed by atoms with Crippen LogP contribution in [0.15, 0.2) is 6.07 Å². The quantitative estimate of drug-likeness (QED) is 0.679. The van der Waals surface area contributed by atoms with Gasteiger partial charge >= 0.3 is 0 Å². The van der Waals surface area contributed by atoms with Crippen LogP contribution in [0.1, 0.15) is 16.3 Å².